The first-order valence-corrected chi connectivity index (χ1v) is 6.51. The van der Waals surface area contributed by atoms with Gasteiger partial charge in [0, 0.05) is 17.0 Å². The summed E-state index contributed by atoms with van der Waals surface area (Å²) in [5.74, 6) is -0.517. The summed E-state index contributed by atoms with van der Waals surface area (Å²) in [6, 6.07) is 0. The van der Waals surface area contributed by atoms with E-state index in [1.54, 1.807) is 0 Å². The number of rotatable bonds is 5. The molecule has 1 heterocycles. The second-order valence-corrected chi connectivity index (χ2v) is 5.70. The number of nitrogens with two attached hydrogens (primary N) is 1. The van der Waals surface area contributed by atoms with Crippen molar-refractivity contribution in [2.45, 2.75) is 31.9 Å². The molecule has 0 spiro atoms. The summed E-state index contributed by atoms with van der Waals surface area (Å²) in [6.45, 7) is 0.466. The zero-order valence-corrected chi connectivity index (χ0v) is 11.0. The minimum Gasteiger partial charge on any atom is -0.460 e. The number of carbonyl (C=O) groups is 1. The molecule has 0 aliphatic heterocycles. The van der Waals surface area contributed by atoms with Crippen molar-refractivity contribution in [2.75, 3.05) is 6.61 Å². The van der Waals surface area contributed by atoms with Crippen LogP contribution in [-0.4, -0.2) is 23.7 Å². The van der Waals surface area contributed by atoms with Gasteiger partial charge in [0.2, 0.25) is 5.91 Å². The van der Waals surface area contributed by atoms with Gasteiger partial charge in [0.1, 0.15) is 0 Å². The van der Waals surface area contributed by atoms with Crippen molar-refractivity contribution >= 4 is 17.2 Å². The summed E-state index contributed by atoms with van der Waals surface area (Å²) in [7, 11) is 0. The SMILES string of the molecule is C[C@@H](c1cnc(OCC(F)(F)F)s1)C1(C(N)=O)CC1. The number of nitrogens with zero attached hydrogens (tertiary/aromatic N) is 1. The molecule has 2 rings (SSSR count). The molecule has 4 nitrogen and oxygen atoms in total. The lowest BCUT2D eigenvalue weighted by molar-refractivity contribution is -0.153. The number of alkyl halides is 3. The number of hydrogen-bond donors (Lipinski definition) is 1. The van der Waals surface area contributed by atoms with E-state index in [-0.39, 0.29) is 17.0 Å². The number of thiazole rings is 1. The first-order valence-electron chi connectivity index (χ1n) is 5.70. The quantitative estimate of drug-likeness (QED) is 0.907. The summed E-state index contributed by atoms with van der Waals surface area (Å²) in [5.41, 5.74) is 4.80. The standard InChI is InChI=1S/C11H13F3N2O2S/c1-6(10(2-3-10)8(15)17)7-4-16-9(19-7)18-5-11(12,13)14/h4,6H,2-3,5H2,1H3,(H2,15,17)/t6-/m0/s1. The zero-order valence-electron chi connectivity index (χ0n) is 10.2. The number of primary amides is 1. The molecule has 0 aromatic carbocycles. The molecule has 1 amide bonds. The Bertz CT molecular complexity index is 483. The van der Waals surface area contributed by atoms with Gasteiger partial charge in [-0.15, -0.1) is 0 Å². The Morgan fingerprint density at radius 2 is 2.26 bits per heavy atom. The molecule has 1 aromatic heterocycles. The highest BCUT2D eigenvalue weighted by molar-refractivity contribution is 7.13. The highest BCUT2D eigenvalue weighted by Crippen LogP contribution is 2.56. The van der Waals surface area contributed by atoms with Crippen LogP contribution in [0.5, 0.6) is 5.19 Å². The fourth-order valence-corrected chi connectivity index (χ4v) is 2.91. The molecule has 19 heavy (non-hydrogen) atoms. The number of carbonyl (C=O) groups excluding carboxylic acids is 1. The van der Waals surface area contributed by atoms with E-state index in [0.717, 1.165) is 11.3 Å². The zero-order chi connectivity index (χ0) is 14.3. The van der Waals surface area contributed by atoms with Gasteiger partial charge < -0.3 is 10.5 Å². The maximum atomic E-state index is 12.0. The molecule has 1 aliphatic rings. The van der Waals surface area contributed by atoms with Crippen molar-refractivity contribution in [3.8, 4) is 5.19 Å². The van der Waals surface area contributed by atoms with Crippen LogP contribution in [-0.2, 0) is 4.79 Å². The van der Waals surface area contributed by atoms with E-state index in [1.165, 1.54) is 6.20 Å². The molecule has 106 valence electrons. The Kier molecular flexibility index (Phi) is 3.46. The maximum absolute atomic E-state index is 12.0. The van der Waals surface area contributed by atoms with Crippen LogP contribution in [0, 0.1) is 5.41 Å². The van der Waals surface area contributed by atoms with Crippen molar-refractivity contribution in [2.24, 2.45) is 11.1 Å². The van der Waals surface area contributed by atoms with Gasteiger partial charge in [-0.1, -0.05) is 18.3 Å². The van der Waals surface area contributed by atoms with Gasteiger partial charge in [0.25, 0.3) is 5.19 Å². The molecule has 1 aliphatic carbocycles. The highest BCUT2D eigenvalue weighted by atomic mass is 32.1. The maximum Gasteiger partial charge on any atom is 0.422 e. The topological polar surface area (TPSA) is 65.2 Å². The van der Waals surface area contributed by atoms with Crippen molar-refractivity contribution < 1.29 is 22.7 Å². The van der Waals surface area contributed by atoms with E-state index in [2.05, 4.69) is 9.72 Å². The van der Waals surface area contributed by atoms with Crippen LogP contribution >= 0.6 is 11.3 Å². The molecule has 1 atom stereocenters. The Morgan fingerprint density at radius 3 is 2.74 bits per heavy atom. The van der Waals surface area contributed by atoms with Gasteiger partial charge in [-0.25, -0.2) is 4.98 Å². The summed E-state index contributed by atoms with van der Waals surface area (Å²) in [6.07, 6.45) is -1.52. The molecule has 2 N–H and O–H groups in total. The number of aromatic nitrogens is 1. The van der Waals surface area contributed by atoms with Crippen molar-refractivity contribution in [3.05, 3.63) is 11.1 Å². The Labute approximate surface area is 111 Å². The number of halogens is 3. The lowest BCUT2D eigenvalue weighted by atomic mass is 9.89. The van der Waals surface area contributed by atoms with Crippen LogP contribution in [0.25, 0.3) is 0 Å². The van der Waals surface area contributed by atoms with Crippen LogP contribution in [0.1, 0.15) is 30.6 Å². The summed E-state index contributed by atoms with van der Waals surface area (Å²) in [4.78, 5) is 15.9. The van der Waals surface area contributed by atoms with E-state index >= 15 is 0 Å². The molecular weight excluding hydrogens is 281 g/mol. The van der Waals surface area contributed by atoms with Gasteiger partial charge >= 0.3 is 6.18 Å². The average Bonchev–Trinajstić information content (AvgIpc) is 2.98. The van der Waals surface area contributed by atoms with Crippen LogP contribution in [0.4, 0.5) is 13.2 Å². The molecular formula is C11H13F3N2O2S. The Hall–Kier alpha value is -1.31. The van der Waals surface area contributed by atoms with Crippen LogP contribution in [0.15, 0.2) is 6.20 Å². The van der Waals surface area contributed by atoms with Gasteiger partial charge in [-0.2, -0.15) is 13.2 Å². The molecule has 0 bridgehead atoms. The second kappa shape index (κ2) is 4.66. The van der Waals surface area contributed by atoms with Gasteiger partial charge in [-0.05, 0) is 12.8 Å². The molecule has 0 radical (unpaired) electrons. The fraction of sp³-hybridized carbons (Fsp3) is 0.636. The average molecular weight is 294 g/mol. The van der Waals surface area contributed by atoms with Gasteiger partial charge in [-0.3, -0.25) is 4.79 Å². The minimum atomic E-state index is -4.39. The van der Waals surface area contributed by atoms with E-state index in [4.69, 9.17) is 5.73 Å². The number of hydrogen-bond acceptors (Lipinski definition) is 4. The summed E-state index contributed by atoms with van der Waals surface area (Å²) < 4.78 is 40.6. The third kappa shape index (κ3) is 2.99. The van der Waals surface area contributed by atoms with Crippen LogP contribution < -0.4 is 10.5 Å². The second-order valence-electron chi connectivity index (χ2n) is 4.67. The minimum absolute atomic E-state index is 0.0422. The number of ether oxygens (including phenoxy) is 1. The molecule has 0 saturated heterocycles. The first kappa shape index (κ1) is 14.1. The van der Waals surface area contributed by atoms with Crippen LogP contribution in [0.3, 0.4) is 0 Å². The largest absolute Gasteiger partial charge is 0.460 e. The highest BCUT2D eigenvalue weighted by Gasteiger charge is 2.53. The smallest absolute Gasteiger partial charge is 0.422 e. The van der Waals surface area contributed by atoms with Gasteiger partial charge in [0.15, 0.2) is 6.61 Å². The number of amides is 1. The van der Waals surface area contributed by atoms with Crippen molar-refractivity contribution in [1.82, 2.24) is 4.98 Å². The lowest BCUT2D eigenvalue weighted by Crippen LogP contribution is -2.28. The van der Waals surface area contributed by atoms with Gasteiger partial charge in [0.05, 0.1) is 5.41 Å². The molecule has 8 heteroatoms. The third-order valence-corrected chi connectivity index (χ3v) is 4.49. The predicted octanol–water partition coefficient (Wildman–Crippen LogP) is 2.45. The third-order valence-electron chi connectivity index (χ3n) is 3.40. The van der Waals surface area contributed by atoms with Crippen LogP contribution in [0.2, 0.25) is 0 Å². The molecule has 0 unspecified atom stereocenters. The summed E-state index contributed by atoms with van der Waals surface area (Å²) in [5, 5.41) is -0.0422. The lowest BCUT2D eigenvalue weighted by Gasteiger charge is -2.17. The summed E-state index contributed by atoms with van der Waals surface area (Å²) >= 11 is 1.02. The first-order chi connectivity index (χ1) is 8.74. The predicted molar refractivity (Wildman–Crippen MR) is 62.9 cm³/mol. The van der Waals surface area contributed by atoms with E-state index in [1.807, 2.05) is 6.92 Å². The Balaban J connectivity index is 2.03. The van der Waals surface area contributed by atoms with Crippen molar-refractivity contribution in [1.29, 1.82) is 0 Å². The molecule has 1 fully saturated rings. The van der Waals surface area contributed by atoms with E-state index < -0.39 is 18.2 Å². The monoisotopic (exact) mass is 294 g/mol. The normalized spacial score (nSPS) is 18.9. The molecule has 1 aromatic rings. The Morgan fingerprint density at radius 1 is 1.63 bits per heavy atom. The van der Waals surface area contributed by atoms with E-state index in [0.29, 0.717) is 17.7 Å². The molecule has 1 saturated carbocycles. The van der Waals surface area contributed by atoms with E-state index in [9.17, 15) is 18.0 Å². The van der Waals surface area contributed by atoms with Crippen molar-refractivity contribution in [3.63, 3.8) is 0 Å². The fourth-order valence-electron chi connectivity index (χ4n) is 1.98.